The van der Waals surface area contributed by atoms with Crippen molar-refractivity contribution in [3.05, 3.63) is 0 Å². The van der Waals surface area contributed by atoms with Crippen LogP contribution in [0.1, 0.15) is 13.8 Å². The van der Waals surface area contributed by atoms with Gasteiger partial charge in [-0.3, -0.25) is 4.79 Å². The summed E-state index contributed by atoms with van der Waals surface area (Å²) in [6, 6.07) is 0. The molecule has 0 heterocycles. The third kappa shape index (κ3) is 5.15. The number of ether oxygens (including phenoxy) is 1. The van der Waals surface area contributed by atoms with Crippen LogP contribution in [-0.4, -0.2) is 9.95 Å². The van der Waals surface area contributed by atoms with E-state index in [-0.39, 0.29) is 5.92 Å². The molecule has 0 spiro atoms. The second-order valence-electron chi connectivity index (χ2n) is 2.02. The van der Waals surface area contributed by atoms with Gasteiger partial charge in [0.05, 0.1) is 5.92 Å². The third-order valence-electron chi connectivity index (χ3n) is 0.688. The molecule has 0 amide bonds. The van der Waals surface area contributed by atoms with Gasteiger partial charge in [-0.2, -0.15) is 0 Å². The van der Waals surface area contributed by atoms with Crippen LogP contribution >= 0.6 is 34.8 Å². The normalized spacial score (nSPS) is 11.8. The lowest BCUT2D eigenvalue weighted by Crippen LogP contribution is -2.20. The topological polar surface area (TPSA) is 26.3 Å². The lowest BCUT2D eigenvalue weighted by molar-refractivity contribution is -0.148. The van der Waals surface area contributed by atoms with Crippen molar-refractivity contribution in [3.63, 3.8) is 0 Å². The van der Waals surface area contributed by atoms with Crippen LogP contribution in [0.2, 0.25) is 0 Å². The van der Waals surface area contributed by atoms with Crippen molar-refractivity contribution in [1.29, 1.82) is 0 Å². The summed E-state index contributed by atoms with van der Waals surface area (Å²) in [5, 5.41) is 0. The summed E-state index contributed by atoms with van der Waals surface area (Å²) in [4.78, 5) is 10.7. The lowest BCUT2D eigenvalue weighted by Gasteiger charge is -2.13. The highest BCUT2D eigenvalue weighted by Crippen LogP contribution is 2.28. The number of carbonyl (C=O) groups is 1. The number of halogens is 3. The molecule has 0 aromatic heterocycles. The molecule has 0 fully saturated rings. The van der Waals surface area contributed by atoms with Crippen molar-refractivity contribution in [1.82, 2.24) is 0 Å². The van der Waals surface area contributed by atoms with Crippen molar-refractivity contribution in [2.45, 2.75) is 17.8 Å². The first-order chi connectivity index (χ1) is 4.33. The van der Waals surface area contributed by atoms with E-state index in [0.717, 1.165) is 0 Å². The van der Waals surface area contributed by atoms with Crippen molar-refractivity contribution >= 4 is 40.8 Å². The molecule has 0 rings (SSSR count). The number of alkyl halides is 3. The molecule has 10 heavy (non-hydrogen) atoms. The van der Waals surface area contributed by atoms with Gasteiger partial charge in [0.15, 0.2) is 0 Å². The minimum absolute atomic E-state index is 0.282. The fraction of sp³-hybridized carbons (Fsp3) is 0.800. The maximum atomic E-state index is 10.7. The fourth-order valence-corrected chi connectivity index (χ4v) is 0.460. The Balaban J connectivity index is 3.81. The molecule has 0 aromatic carbocycles. The maximum Gasteiger partial charge on any atom is 0.340 e. The molecule has 0 bridgehead atoms. The van der Waals surface area contributed by atoms with Gasteiger partial charge < -0.3 is 4.74 Å². The van der Waals surface area contributed by atoms with Crippen molar-refractivity contribution < 1.29 is 9.53 Å². The number of esters is 1. The Bertz CT molecular complexity index is 127. The number of carbonyl (C=O) groups excluding carboxylic acids is 1. The van der Waals surface area contributed by atoms with E-state index in [4.69, 9.17) is 34.8 Å². The highest BCUT2D eigenvalue weighted by Gasteiger charge is 2.26. The summed E-state index contributed by atoms with van der Waals surface area (Å²) in [5.41, 5.74) is 0. The summed E-state index contributed by atoms with van der Waals surface area (Å²) in [7, 11) is 0. The van der Waals surface area contributed by atoms with Crippen LogP contribution in [0.15, 0.2) is 0 Å². The van der Waals surface area contributed by atoms with Gasteiger partial charge in [-0.1, -0.05) is 13.8 Å². The van der Waals surface area contributed by atoms with Gasteiger partial charge in [0.2, 0.25) is 0 Å². The average Bonchev–Trinajstić information content (AvgIpc) is 1.60. The summed E-state index contributed by atoms with van der Waals surface area (Å²) in [6.45, 7) is 3.30. The zero-order chi connectivity index (χ0) is 8.36. The van der Waals surface area contributed by atoms with Crippen LogP contribution in [0.4, 0.5) is 0 Å². The van der Waals surface area contributed by atoms with Gasteiger partial charge in [0.25, 0.3) is 0 Å². The molecule has 0 unspecified atom stereocenters. The van der Waals surface area contributed by atoms with Gasteiger partial charge in [-0.05, 0) is 34.8 Å². The number of rotatable bonds is 1. The molecule has 0 aliphatic rings. The molecule has 0 N–H and O–H groups in total. The fourth-order valence-electron chi connectivity index (χ4n) is 0.232. The second kappa shape index (κ2) is 3.65. The molecule has 60 valence electrons. The predicted octanol–water partition coefficient (Wildman–Crippen LogP) is 2.51. The SMILES string of the molecule is CC(C)C(=O)OC(Cl)(Cl)Cl. The van der Waals surface area contributed by atoms with E-state index in [1.165, 1.54) is 0 Å². The smallest absolute Gasteiger partial charge is 0.340 e. The molecule has 0 atom stereocenters. The minimum atomic E-state index is -1.93. The van der Waals surface area contributed by atoms with Gasteiger partial charge in [-0.25, -0.2) is 0 Å². The van der Waals surface area contributed by atoms with Gasteiger partial charge in [0.1, 0.15) is 0 Å². The highest BCUT2D eigenvalue weighted by molar-refractivity contribution is 6.66. The van der Waals surface area contributed by atoms with Crippen molar-refractivity contribution in [2.75, 3.05) is 0 Å². The van der Waals surface area contributed by atoms with E-state index < -0.39 is 9.95 Å². The molecule has 0 aliphatic heterocycles. The van der Waals surface area contributed by atoms with E-state index in [0.29, 0.717) is 0 Å². The zero-order valence-corrected chi connectivity index (χ0v) is 7.80. The van der Waals surface area contributed by atoms with E-state index >= 15 is 0 Å². The molecule has 2 nitrogen and oxygen atoms in total. The second-order valence-corrected chi connectivity index (χ2v) is 4.20. The number of hydrogen-bond donors (Lipinski definition) is 0. The maximum absolute atomic E-state index is 10.7. The Morgan fingerprint density at radius 3 is 1.90 bits per heavy atom. The molecule has 0 aliphatic carbocycles. The molecule has 0 radical (unpaired) electrons. The van der Waals surface area contributed by atoms with E-state index in [1.54, 1.807) is 13.8 Å². The standard InChI is InChI=1S/C5H7Cl3O2/c1-3(2)4(9)10-5(6,7)8/h3H,1-2H3. The van der Waals surface area contributed by atoms with E-state index in [2.05, 4.69) is 4.74 Å². The predicted molar refractivity (Wildman–Crippen MR) is 41.2 cm³/mol. The van der Waals surface area contributed by atoms with Crippen LogP contribution in [0, 0.1) is 5.92 Å². The Morgan fingerprint density at radius 1 is 1.40 bits per heavy atom. The zero-order valence-electron chi connectivity index (χ0n) is 5.53. The summed E-state index contributed by atoms with van der Waals surface area (Å²) in [6.07, 6.45) is 0. The van der Waals surface area contributed by atoms with Gasteiger partial charge in [-0.15, -0.1) is 0 Å². The van der Waals surface area contributed by atoms with Crippen LogP contribution in [0.25, 0.3) is 0 Å². The van der Waals surface area contributed by atoms with Crippen molar-refractivity contribution in [3.8, 4) is 0 Å². The van der Waals surface area contributed by atoms with Gasteiger partial charge >= 0.3 is 9.95 Å². The van der Waals surface area contributed by atoms with Crippen LogP contribution in [0.3, 0.4) is 0 Å². The van der Waals surface area contributed by atoms with Crippen molar-refractivity contribution in [2.24, 2.45) is 5.92 Å². The first-order valence-corrected chi connectivity index (χ1v) is 3.76. The summed E-state index contributed by atoms with van der Waals surface area (Å²) < 4.78 is 2.43. The largest absolute Gasteiger partial charge is 0.414 e. The summed E-state index contributed by atoms with van der Waals surface area (Å²) >= 11 is 15.5. The van der Waals surface area contributed by atoms with Crippen LogP contribution in [0.5, 0.6) is 0 Å². The first kappa shape index (κ1) is 10.3. The Labute approximate surface area is 74.4 Å². The molecular formula is C5H7Cl3O2. The first-order valence-electron chi connectivity index (χ1n) is 2.62. The Morgan fingerprint density at radius 2 is 1.80 bits per heavy atom. The van der Waals surface area contributed by atoms with Crippen LogP contribution < -0.4 is 0 Å². The molecule has 0 saturated carbocycles. The summed E-state index contributed by atoms with van der Waals surface area (Å²) in [5.74, 6) is -0.810. The Kier molecular flexibility index (Phi) is 3.77. The molecule has 5 heteroatoms. The van der Waals surface area contributed by atoms with E-state index in [1.807, 2.05) is 0 Å². The third-order valence-corrected chi connectivity index (χ3v) is 0.919. The average molecular weight is 205 g/mol. The monoisotopic (exact) mass is 204 g/mol. The minimum Gasteiger partial charge on any atom is -0.414 e. The van der Waals surface area contributed by atoms with Crippen LogP contribution in [-0.2, 0) is 9.53 Å². The highest BCUT2D eigenvalue weighted by atomic mass is 35.6. The molecular weight excluding hydrogens is 198 g/mol. The quantitative estimate of drug-likeness (QED) is 0.486. The molecule has 0 saturated heterocycles. The Hall–Kier alpha value is 0.340. The van der Waals surface area contributed by atoms with Gasteiger partial charge in [0, 0.05) is 0 Å². The lowest BCUT2D eigenvalue weighted by atomic mass is 10.2. The van der Waals surface area contributed by atoms with E-state index in [9.17, 15) is 4.79 Å². The molecule has 0 aromatic rings. The number of hydrogen-bond acceptors (Lipinski definition) is 2.